The predicted molar refractivity (Wildman–Crippen MR) is 218 cm³/mol. The molecule has 0 aliphatic carbocycles. The van der Waals surface area contributed by atoms with Crippen molar-refractivity contribution in [3.8, 4) is 33.4 Å². The van der Waals surface area contributed by atoms with Crippen molar-refractivity contribution in [2.24, 2.45) is 0 Å². The number of nitrogens with zero attached hydrogens (tertiary/aromatic N) is 1. The Morgan fingerprint density at radius 1 is 0.373 bits per heavy atom. The maximum atomic E-state index is 6.80. The molecule has 0 bridgehead atoms. The summed E-state index contributed by atoms with van der Waals surface area (Å²) in [5, 5.41) is 4.86. The van der Waals surface area contributed by atoms with Gasteiger partial charge in [0.1, 0.15) is 5.58 Å². The SMILES string of the molecule is c1ccc(-c2ccc(N(c3ccc(-c4cccc5sc6ccccc6c45)cc3)c3ccc(-c4ccccc4)c4c3oc3ccccc34)cc2)cc1. The summed E-state index contributed by atoms with van der Waals surface area (Å²) >= 11 is 1.86. The smallest absolute Gasteiger partial charge is 0.160 e. The summed E-state index contributed by atoms with van der Waals surface area (Å²) in [6.45, 7) is 0. The van der Waals surface area contributed by atoms with E-state index >= 15 is 0 Å². The summed E-state index contributed by atoms with van der Waals surface area (Å²) in [6.07, 6.45) is 0. The van der Waals surface area contributed by atoms with Gasteiger partial charge in [-0.1, -0.05) is 140 Å². The van der Waals surface area contributed by atoms with Crippen molar-refractivity contribution in [2.45, 2.75) is 0 Å². The zero-order valence-electron chi connectivity index (χ0n) is 27.7. The molecule has 0 saturated heterocycles. The standard InChI is InChI=1S/C48H31NOS/c1-3-12-32(13-4-1)33-22-26-36(27-23-33)49(37-28-24-35(25-29-37)38-18-11-21-45-46(38)41-17-8-10-20-44(41)51-45)42-31-30-39(34-14-5-2-6-15-34)47-40-16-7-9-19-43(40)50-48(42)47/h1-31H. The molecular weight excluding hydrogens is 639 g/mol. The van der Waals surface area contributed by atoms with Crippen LogP contribution in [0.25, 0.3) is 75.5 Å². The number of thiophene rings is 1. The van der Waals surface area contributed by atoms with Gasteiger partial charge >= 0.3 is 0 Å². The van der Waals surface area contributed by atoms with Gasteiger partial charge in [0.2, 0.25) is 0 Å². The summed E-state index contributed by atoms with van der Waals surface area (Å²) in [5.41, 5.74) is 12.0. The molecule has 0 aliphatic rings. The van der Waals surface area contributed by atoms with Gasteiger partial charge in [0.25, 0.3) is 0 Å². The highest BCUT2D eigenvalue weighted by atomic mass is 32.1. The molecule has 0 fully saturated rings. The van der Waals surface area contributed by atoms with Crippen LogP contribution in [-0.4, -0.2) is 0 Å². The summed E-state index contributed by atoms with van der Waals surface area (Å²) in [5.74, 6) is 0. The van der Waals surface area contributed by atoms with Gasteiger partial charge in [-0.3, -0.25) is 0 Å². The molecule has 51 heavy (non-hydrogen) atoms. The Balaban J connectivity index is 1.17. The summed E-state index contributed by atoms with van der Waals surface area (Å²) in [6, 6.07) is 67.2. The van der Waals surface area contributed by atoms with E-state index in [-0.39, 0.29) is 0 Å². The molecule has 0 atom stereocenters. The molecule has 0 radical (unpaired) electrons. The quantitative estimate of drug-likeness (QED) is 0.175. The van der Waals surface area contributed by atoms with Crippen LogP contribution in [0.4, 0.5) is 17.1 Å². The molecule has 10 rings (SSSR count). The number of furan rings is 1. The Morgan fingerprint density at radius 2 is 0.922 bits per heavy atom. The third-order valence-electron chi connectivity index (χ3n) is 9.90. The second-order valence-corrected chi connectivity index (χ2v) is 14.0. The molecule has 2 heterocycles. The first-order valence-corrected chi connectivity index (χ1v) is 18.1. The Bertz CT molecular complexity index is 2830. The number of anilines is 3. The van der Waals surface area contributed by atoms with Crippen LogP contribution in [0.15, 0.2) is 192 Å². The van der Waals surface area contributed by atoms with Gasteiger partial charge in [-0.15, -0.1) is 11.3 Å². The highest BCUT2D eigenvalue weighted by molar-refractivity contribution is 7.25. The average molecular weight is 670 g/mol. The third kappa shape index (κ3) is 5.01. The van der Waals surface area contributed by atoms with E-state index in [9.17, 15) is 0 Å². The van der Waals surface area contributed by atoms with E-state index in [0.717, 1.165) is 44.6 Å². The fraction of sp³-hybridized carbons (Fsp3) is 0. The lowest BCUT2D eigenvalue weighted by molar-refractivity contribution is 0.669. The maximum absolute atomic E-state index is 6.80. The molecule has 0 amide bonds. The van der Waals surface area contributed by atoms with Gasteiger partial charge in [0.05, 0.1) is 5.69 Å². The van der Waals surface area contributed by atoms with Crippen molar-refractivity contribution < 1.29 is 4.42 Å². The zero-order chi connectivity index (χ0) is 33.7. The van der Waals surface area contributed by atoms with E-state index in [4.69, 9.17) is 4.42 Å². The fourth-order valence-corrected chi connectivity index (χ4v) is 8.65. The van der Waals surface area contributed by atoms with Gasteiger partial charge in [-0.25, -0.2) is 0 Å². The van der Waals surface area contributed by atoms with Gasteiger partial charge in [-0.2, -0.15) is 0 Å². The minimum atomic E-state index is 0.864. The van der Waals surface area contributed by atoms with Crippen molar-refractivity contribution in [3.05, 3.63) is 188 Å². The van der Waals surface area contributed by atoms with Crippen molar-refractivity contribution >= 4 is 70.5 Å². The largest absolute Gasteiger partial charge is 0.454 e. The first kappa shape index (κ1) is 29.5. The molecule has 240 valence electrons. The van der Waals surface area contributed by atoms with Gasteiger partial charge in [0.15, 0.2) is 5.58 Å². The maximum Gasteiger partial charge on any atom is 0.160 e. The van der Waals surface area contributed by atoms with Gasteiger partial charge < -0.3 is 9.32 Å². The molecular formula is C48H31NOS. The normalized spacial score (nSPS) is 11.5. The summed E-state index contributed by atoms with van der Waals surface area (Å²) in [7, 11) is 0. The lowest BCUT2D eigenvalue weighted by Gasteiger charge is -2.26. The first-order chi connectivity index (χ1) is 25.3. The van der Waals surface area contributed by atoms with Crippen LogP contribution in [0.2, 0.25) is 0 Å². The average Bonchev–Trinajstić information content (AvgIpc) is 3.79. The molecule has 10 aromatic rings. The fourth-order valence-electron chi connectivity index (χ4n) is 7.51. The molecule has 0 N–H and O–H groups in total. The molecule has 0 aliphatic heterocycles. The Morgan fingerprint density at radius 3 is 1.67 bits per heavy atom. The number of hydrogen-bond acceptors (Lipinski definition) is 3. The second kappa shape index (κ2) is 12.2. The van der Waals surface area contributed by atoms with E-state index in [0.29, 0.717) is 0 Å². The monoisotopic (exact) mass is 669 g/mol. The van der Waals surface area contributed by atoms with Crippen molar-refractivity contribution in [2.75, 3.05) is 4.90 Å². The number of hydrogen-bond donors (Lipinski definition) is 0. The van der Waals surface area contributed by atoms with Crippen LogP contribution in [0.5, 0.6) is 0 Å². The van der Waals surface area contributed by atoms with E-state index in [1.807, 2.05) is 17.4 Å². The van der Waals surface area contributed by atoms with Crippen molar-refractivity contribution in [3.63, 3.8) is 0 Å². The van der Waals surface area contributed by atoms with Crippen molar-refractivity contribution in [1.82, 2.24) is 0 Å². The number of rotatable bonds is 6. The molecule has 0 spiro atoms. The highest BCUT2D eigenvalue weighted by Gasteiger charge is 2.22. The summed E-state index contributed by atoms with van der Waals surface area (Å²) < 4.78 is 9.42. The van der Waals surface area contributed by atoms with Crippen LogP contribution >= 0.6 is 11.3 Å². The topological polar surface area (TPSA) is 16.4 Å². The Kier molecular flexibility index (Phi) is 7.04. The molecule has 8 aromatic carbocycles. The highest BCUT2D eigenvalue weighted by Crippen LogP contribution is 2.47. The van der Waals surface area contributed by atoms with E-state index in [1.165, 1.54) is 48.0 Å². The van der Waals surface area contributed by atoms with Crippen LogP contribution in [-0.2, 0) is 0 Å². The van der Waals surface area contributed by atoms with E-state index in [2.05, 4.69) is 187 Å². The van der Waals surface area contributed by atoms with Crippen LogP contribution in [0.3, 0.4) is 0 Å². The first-order valence-electron chi connectivity index (χ1n) is 17.3. The minimum Gasteiger partial charge on any atom is -0.454 e. The van der Waals surface area contributed by atoms with Crippen LogP contribution < -0.4 is 4.90 Å². The third-order valence-corrected chi connectivity index (χ3v) is 11.0. The second-order valence-electron chi connectivity index (χ2n) is 12.9. The van der Waals surface area contributed by atoms with Crippen molar-refractivity contribution in [1.29, 1.82) is 0 Å². The Hall–Kier alpha value is -6.42. The molecule has 0 unspecified atom stereocenters. The summed E-state index contributed by atoms with van der Waals surface area (Å²) in [4.78, 5) is 2.33. The van der Waals surface area contributed by atoms with Gasteiger partial charge in [-0.05, 0) is 81.9 Å². The molecule has 2 nitrogen and oxygen atoms in total. The van der Waals surface area contributed by atoms with Gasteiger partial charge in [0, 0.05) is 42.3 Å². The Labute approximate surface area is 300 Å². The van der Waals surface area contributed by atoms with E-state index < -0.39 is 0 Å². The van der Waals surface area contributed by atoms with Crippen LogP contribution in [0.1, 0.15) is 0 Å². The molecule has 2 aromatic heterocycles. The number of para-hydroxylation sites is 1. The zero-order valence-corrected chi connectivity index (χ0v) is 28.5. The lowest BCUT2D eigenvalue weighted by Crippen LogP contribution is -2.10. The van der Waals surface area contributed by atoms with E-state index in [1.54, 1.807) is 0 Å². The number of benzene rings is 8. The molecule has 0 saturated carbocycles. The predicted octanol–water partition coefficient (Wildman–Crippen LogP) is 14.4. The lowest BCUT2D eigenvalue weighted by atomic mass is 9.97. The minimum absolute atomic E-state index is 0.864. The molecule has 3 heteroatoms. The van der Waals surface area contributed by atoms with Crippen LogP contribution in [0, 0.1) is 0 Å². The number of fused-ring (bicyclic) bond motifs is 6.